The second-order valence-electron chi connectivity index (χ2n) is 6.96. The molecule has 0 aliphatic carbocycles. The van der Waals surface area contributed by atoms with Gasteiger partial charge in [-0.05, 0) is 44.9 Å². The Morgan fingerprint density at radius 2 is 1.46 bits per heavy atom. The molecule has 0 amide bonds. The van der Waals surface area contributed by atoms with Crippen LogP contribution in [0, 0.1) is 5.92 Å². The Balaban J connectivity index is 3.70. The molecule has 0 spiro atoms. The summed E-state index contributed by atoms with van der Waals surface area (Å²) < 4.78 is 17.3. The number of hydrogen-bond donors (Lipinski definition) is 1. The van der Waals surface area contributed by atoms with Crippen LogP contribution in [0.2, 0.25) is 0 Å². The fourth-order valence-corrected chi connectivity index (χ4v) is 2.42. The Morgan fingerprint density at radius 1 is 0.929 bits per heavy atom. The first-order chi connectivity index (χ1) is 13.7. The molecule has 28 heavy (non-hydrogen) atoms. The second-order valence-corrected chi connectivity index (χ2v) is 6.96. The summed E-state index contributed by atoms with van der Waals surface area (Å²) in [4.78, 5) is 11.7. The van der Waals surface area contributed by atoms with Crippen molar-refractivity contribution in [3.8, 4) is 0 Å². The smallest absolute Gasteiger partial charge is 0.309 e. The summed E-state index contributed by atoms with van der Waals surface area (Å²) in [6, 6.07) is 0. The fourth-order valence-electron chi connectivity index (χ4n) is 2.42. The van der Waals surface area contributed by atoms with Gasteiger partial charge in [-0.2, -0.15) is 0 Å². The molecule has 0 aromatic carbocycles. The number of carbonyl (C=O) groups is 1. The third kappa shape index (κ3) is 16.5. The van der Waals surface area contributed by atoms with Crippen molar-refractivity contribution in [3.05, 3.63) is 48.6 Å². The third-order valence-corrected chi connectivity index (χ3v) is 4.28. The fraction of sp³-hybridized carbons (Fsp3) is 0.625. The van der Waals surface area contributed by atoms with E-state index in [0.717, 1.165) is 25.7 Å². The Kier molecular flexibility index (Phi) is 18.9. The average Bonchev–Trinajstić information content (AvgIpc) is 2.71. The van der Waals surface area contributed by atoms with E-state index < -0.39 is 25.4 Å². The number of aliphatic hydroxyl groups is 1. The maximum atomic E-state index is 12.4. The predicted octanol–water partition coefficient (Wildman–Crippen LogP) is 6.25. The van der Waals surface area contributed by atoms with Crippen molar-refractivity contribution in [1.29, 1.82) is 0 Å². The molecular weight excluding hydrogens is 355 g/mol. The van der Waals surface area contributed by atoms with Crippen LogP contribution in [-0.2, 0) is 9.53 Å². The number of allylic oxidation sites excluding steroid dienone is 8. The van der Waals surface area contributed by atoms with Crippen molar-refractivity contribution in [2.75, 3.05) is 13.3 Å². The van der Waals surface area contributed by atoms with Crippen molar-refractivity contribution in [3.63, 3.8) is 0 Å². The molecule has 1 N–H and O–H groups in total. The number of hydrogen-bond acceptors (Lipinski definition) is 3. The summed E-state index contributed by atoms with van der Waals surface area (Å²) >= 11 is 0. The molecule has 0 aromatic heterocycles. The summed E-state index contributed by atoms with van der Waals surface area (Å²) in [5, 5.41) is 8.84. The van der Waals surface area contributed by atoms with E-state index in [4.69, 9.17) is 9.84 Å². The minimum Gasteiger partial charge on any atom is -0.457 e. The van der Waals surface area contributed by atoms with Crippen LogP contribution in [0.25, 0.3) is 0 Å². The van der Waals surface area contributed by atoms with Gasteiger partial charge in [-0.1, -0.05) is 75.3 Å². The molecule has 0 aliphatic heterocycles. The monoisotopic (exact) mass is 394 g/mol. The van der Waals surface area contributed by atoms with Crippen LogP contribution < -0.4 is 0 Å². The lowest BCUT2D eigenvalue weighted by Gasteiger charge is -2.15. The molecule has 0 saturated carbocycles. The minimum absolute atomic E-state index is 0.299. The van der Waals surface area contributed by atoms with E-state index in [-0.39, 0.29) is 5.92 Å². The van der Waals surface area contributed by atoms with E-state index in [1.807, 2.05) is 6.08 Å². The molecule has 0 aromatic rings. The molecular formula is C24H39FO3. The zero-order valence-electron chi connectivity index (χ0n) is 17.7. The molecule has 0 rings (SSSR count). The summed E-state index contributed by atoms with van der Waals surface area (Å²) in [5.74, 6) is -0.751. The molecule has 3 nitrogen and oxygen atoms in total. The lowest BCUT2D eigenvalue weighted by atomic mass is 10.1. The second kappa shape index (κ2) is 20.1. The van der Waals surface area contributed by atoms with Crippen LogP contribution in [-0.4, -0.2) is 30.5 Å². The average molecular weight is 395 g/mol. The van der Waals surface area contributed by atoms with Crippen LogP contribution in [0.1, 0.15) is 71.6 Å². The van der Waals surface area contributed by atoms with Crippen LogP contribution in [0.5, 0.6) is 0 Å². The van der Waals surface area contributed by atoms with Crippen molar-refractivity contribution in [2.45, 2.75) is 77.7 Å². The summed E-state index contributed by atoms with van der Waals surface area (Å²) in [5.41, 5.74) is 0. The third-order valence-electron chi connectivity index (χ3n) is 4.28. The number of alkyl halides is 1. The van der Waals surface area contributed by atoms with E-state index in [1.54, 1.807) is 6.92 Å². The Bertz CT molecular complexity index is 476. The van der Waals surface area contributed by atoms with Crippen LogP contribution >= 0.6 is 0 Å². The molecule has 0 aliphatic rings. The predicted molar refractivity (Wildman–Crippen MR) is 116 cm³/mol. The first kappa shape index (κ1) is 26.3. The maximum absolute atomic E-state index is 12.4. The molecule has 0 fully saturated rings. The number of carbonyl (C=O) groups excluding carboxylic acids is 1. The highest BCUT2D eigenvalue weighted by Gasteiger charge is 2.18. The Morgan fingerprint density at radius 3 is 1.96 bits per heavy atom. The molecule has 0 saturated heterocycles. The van der Waals surface area contributed by atoms with E-state index in [9.17, 15) is 9.18 Å². The summed E-state index contributed by atoms with van der Waals surface area (Å²) in [6.45, 7) is 2.65. The quantitative estimate of drug-likeness (QED) is 0.180. The highest BCUT2D eigenvalue weighted by atomic mass is 19.1. The molecule has 1 unspecified atom stereocenters. The van der Waals surface area contributed by atoms with Gasteiger partial charge in [0.1, 0.15) is 6.67 Å². The van der Waals surface area contributed by atoms with Gasteiger partial charge in [0.15, 0.2) is 6.10 Å². The summed E-state index contributed by atoms with van der Waals surface area (Å²) in [6.07, 6.45) is 25.6. The van der Waals surface area contributed by atoms with Crippen molar-refractivity contribution in [1.82, 2.24) is 0 Å². The van der Waals surface area contributed by atoms with Crippen LogP contribution in [0.15, 0.2) is 48.6 Å². The lowest BCUT2D eigenvalue weighted by molar-refractivity contribution is -0.156. The lowest BCUT2D eigenvalue weighted by Crippen LogP contribution is -2.27. The number of unbranched alkanes of at least 4 members (excludes halogenated alkanes) is 3. The van der Waals surface area contributed by atoms with Gasteiger partial charge in [-0.25, -0.2) is 4.39 Å². The topological polar surface area (TPSA) is 46.5 Å². The molecule has 0 heterocycles. The van der Waals surface area contributed by atoms with E-state index >= 15 is 0 Å². The molecule has 0 radical (unpaired) electrons. The standard InChI is InChI=1S/C24H39FO3/c1-3-4-5-6-7-8-9-10-11-12-13-14-15-16-17-18-19-22(2)24(27)28-23(20-25)21-26/h7-8,10-11,13-14,16-17,22-23,26H,3-6,9,12,15,18-21H2,1-2H3/b8-7-,11-10-,14-13-,17-16-/t22-,23?/m1/s1. The first-order valence-electron chi connectivity index (χ1n) is 10.6. The minimum atomic E-state index is -1.04. The van der Waals surface area contributed by atoms with Gasteiger partial charge in [0.2, 0.25) is 0 Å². The highest BCUT2D eigenvalue weighted by Crippen LogP contribution is 2.10. The molecule has 160 valence electrons. The van der Waals surface area contributed by atoms with Gasteiger partial charge in [-0.15, -0.1) is 0 Å². The van der Waals surface area contributed by atoms with Gasteiger partial charge in [0, 0.05) is 0 Å². The Labute approximate surface area is 171 Å². The Hall–Kier alpha value is -1.68. The normalized spacial score (nSPS) is 14.6. The summed E-state index contributed by atoms with van der Waals surface area (Å²) in [7, 11) is 0. The van der Waals surface area contributed by atoms with Crippen LogP contribution in [0.3, 0.4) is 0 Å². The molecule has 0 bridgehead atoms. The van der Waals surface area contributed by atoms with E-state index in [1.165, 1.54) is 25.7 Å². The molecule has 4 heteroatoms. The van der Waals surface area contributed by atoms with Gasteiger partial charge in [0.25, 0.3) is 0 Å². The molecule has 2 atom stereocenters. The van der Waals surface area contributed by atoms with Crippen molar-refractivity contribution >= 4 is 5.97 Å². The maximum Gasteiger partial charge on any atom is 0.309 e. The van der Waals surface area contributed by atoms with Gasteiger partial charge in [-0.3, -0.25) is 4.79 Å². The van der Waals surface area contributed by atoms with E-state index in [0.29, 0.717) is 6.42 Å². The largest absolute Gasteiger partial charge is 0.457 e. The van der Waals surface area contributed by atoms with Crippen molar-refractivity contribution in [2.24, 2.45) is 5.92 Å². The van der Waals surface area contributed by atoms with Crippen LogP contribution in [0.4, 0.5) is 4.39 Å². The zero-order valence-corrected chi connectivity index (χ0v) is 17.7. The van der Waals surface area contributed by atoms with Gasteiger partial charge < -0.3 is 9.84 Å². The van der Waals surface area contributed by atoms with Gasteiger partial charge in [0.05, 0.1) is 12.5 Å². The number of rotatable bonds is 17. The highest BCUT2D eigenvalue weighted by molar-refractivity contribution is 5.72. The number of ether oxygens (including phenoxy) is 1. The number of esters is 1. The first-order valence-corrected chi connectivity index (χ1v) is 10.6. The zero-order chi connectivity index (χ0) is 20.9. The number of aliphatic hydroxyl groups excluding tert-OH is 1. The number of halogens is 1. The van der Waals surface area contributed by atoms with Crippen molar-refractivity contribution < 1.29 is 19.0 Å². The van der Waals surface area contributed by atoms with Gasteiger partial charge >= 0.3 is 5.97 Å². The van der Waals surface area contributed by atoms with E-state index in [2.05, 4.69) is 49.5 Å². The SMILES string of the molecule is CCCCC/C=C\C/C=C\C/C=C\C/C=C\CC[C@@H](C)C(=O)OC(CO)CF.